The molecule has 0 aliphatic carbocycles. The van der Waals surface area contributed by atoms with Crippen molar-refractivity contribution >= 4 is 40.5 Å². The van der Waals surface area contributed by atoms with E-state index in [9.17, 15) is 24.3 Å². The van der Waals surface area contributed by atoms with Crippen molar-refractivity contribution in [2.45, 2.75) is 11.9 Å². The maximum Gasteiger partial charge on any atom is 0.337 e. The van der Waals surface area contributed by atoms with Crippen LogP contribution >= 0.6 is 11.8 Å². The third-order valence-electron chi connectivity index (χ3n) is 4.04. The molecule has 2 amide bonds. The first-order chi connectivity index (χ1) is 13.4. The molecule has 0 radical (unpaired) electrons. The number of amides is 2. The maximum atomic E-state index is 12.6. The van der Waals surface area contributed by atoms with E-state index >= 15 is 0 Å². The Bertz CT molecular complexity index is 944. The smallest absolute Gasteiger partial charge is 0.337 e. The summed E-state index contributed by atoms with van der Waals surface area (Å²) in [6.45, 7) is 0.0251. The number of carboxylic acid groups (broad SMARTS) is 1. The van der Waals surface area contributed by atoms with Crippen LogP contribution in [0, 0.1) is 0 Å². The minimum absolute atomic E-state index is 0.0131. The molecular formula is C19H15N2O6S-. The molecule has 1 N–H and O–H groups in total. The molecule has 28 heavy (non-hydrogen) atoms. The molecule has 3 rings (SSSR count). The number of carboxylic acids is 1. The second kappa shape index (κ2) is 8.13. The minimum Gasteiger partial charge on any atom is -0.545 e. The number of carbonyl (C=O) groups is 4. The van der Waals surface area contributed by atoms with Crippen molar-refractivity contribution in [2.24, 2.45) is 0 Å². The molecule has 0 bridgehead atoms. The van der Waals surface area contributed by atoms with Gasteiger partial charge in [-0.2, -0.15) is 0 Å². The van der Waals surface area contributed by atoms with Crippen LogP contribution in [0.4, 0.5) is 10.5 Å². The monoisotopic (exact) mass is 399 g/mol. The van der Waals surface area contributed by atoms with Crippen LogP contribution in [0.2, 0.25) is 0 Å². The van der Waals surface area contributed by atoms with Gasteiger partial charge in [-0.25, -0.2) is 4.79 Å². The lowest BCUT2D eigenvalue weighted by molar-refractivity contribution is -0.255. The molecule has 0 aromatic heterocycles. The van der Waals surface area contributed by atoms with Crippen molar-refractivity contribution in [3.05, 3.63) is 65.2 Å². The number of ether oxygens (including phenoxy) is 1. The lowest BCUT2D eigenvalue weighted by atomic mass is 10.1. The van der Waals surface area contributed by atoms with Crippen molar-refractivity contribution < 1.29 is 29.0 Å². The van der Waals surface area contributed by atoms with Gasteiger partial charge in [0.15, 0.2) is 5.37 Å². The van der Waals surface area contributed by atoms with Crippen LogP contribution in [-0.4, -0.2) is 40.5 Å². The van der Waals surface area contributed by atoms with E-state index in [2.05, 4.69) is 10.1 Å². The van der Waals surface area contributed by atoms with Crippen LogP contribution in [0.1, 0.15) is 26.3 Å². The van der Waals surface area contributed by atoms with E-state index < -0.39 is 28.5 Å². The fourth-order valence-electron chi connectivity index (χ4n) is 2.63. The van der Waals surface area contributed by atoms with E-state index in [1.54, 1.807) is 24.3 Å². The number of methoxy groups -OCH3 is 1. The zero-order valence-corrected chi connectivity index (χ0v) is 15.5. The molecule has 0 spiro atoms. The SMILES string of the molecule is COC(=O)c1cccc(CN2C(=O)S[C@@H](Nc3ccc(C(=O)[O-])cc3)C2=O)c1. The molecule has 2 aromatic rings. The molecule has 9 heteroatoms. The fourth-order valence-corrected chi connectivity index (χ4v) is 3.54. The van der Waals surface area contributed by atoms with Gasteiger partial charge in [-0.3, -0.25) is 14.5 Å². The Kier molecular flexibility index (Phi) is 5.65. The van der Waals surface area contributed by atoms with Crippen LogP contribution in [-0.2, 0) is 16.1 Å². The molecule has 1 atom stereocenters. The highest BCUT2D eigenvalue weighted by Gasteiger charge is 2.39. The van der Waals surface area contributed by atoms with E-state index in [4.69, 9.17) is 0 Å². The molecule has 1 fully saturated rings. The Morgan fingerprint density at radius 1 is 1.14 bits per heavy atom. The number of aromatic carboxylic acids is 1. The highest BCUT2D eigenvalue weighted by molar-refractivity contribution is 8.15. The topological polar surface area (TPSA) is 116 Å². The van der Waals surface area contributed by atoms with Crippen molar-refractivity contribution in [3.63, 3.8) is 0 Å². The summed E-state index contributed by atoms with van der Waals surface area (Å²) in [6, 6.07) is 12.2. The number of imide groups is 1. The van der Waals surface area contributed by atoms with E-state index in [1.807, 2.05) is 0 Å². The number of carbonyl (C=O) groups excluding carboxylic acids is 4. The number of anilines is 1. The Hall–Kier alpha value is -3.33. The number of nitrogens with one attached hydrogen (secondary N) is 1. The van der Waals surface area contributed by atoms with Gasteiger partial charge in [0.2, 0.25) is 0 Å². The zero-order chi connectivity index (χ0) is 20.3. The first-order valence-electron chi connectivity index (χ1n) is 8.16. The first kappa shape index (κ1) is 19.4. The van der Waals surface area contributed by atoms with Crippen molar-refractivity contribution in [1.82, 2.24) is 4.90 Å². The molecule has 1 aliphatic heterocycles. The number of hydrogen-bond acceptors (Lipinski definition) is 8. The number of thioether (sulfide) groups is 1. The van der Waals surface area contributed by atoms with Crippen LogP contribution in [0.25, 0.3) is 0 Å². The van der Waals surface area contributed by atoms with Gasteiger partial charge in [0, 0.05) is 5.69 Å². The van der Waals surface area contributed by atoms with Crippen LogP contribution in [0.5, 0.6) is 0 Å². The zero-order valence-electron chi connectivity index (χ0n) is 14.7. The molecule has 8 nitrogen and oxygen atoms in total. The number of esters is 1. The summed E-state index contributed by atoms with van der Waals surface area (Å²) < 4.78 is 4.67. The molecule has 1 saturated heterocycles. The van der Waals surface area contributed by atoms with E-state index in [0.29, 0.717) is 16.8 Å². The minimum atomic E-state index is -1.30. The Morgan fingerprint density at radius 2 is 1.86 bits per heavy atom. The molecular weight excluding hydrogens is 384 g/mol. The Balaban J connectivity index is 1.70. The van der Waals surface area contributed by atoms with Crippen molar-refractivity contribution in [2.75, 3.05) is 12.4 Å². The van der Waals surface area contributed by atoms with Crippen molar-refractivity contribution in [1.29, 1.82) is 0 Å². The summed E-state index contributed by atoms with van der Waals surface area (Å²) >= 11 is 0.827. The summed E-state index contributed by atoms with van der Waals surface area (Å²) in [6.07, 6.45) is 0. The van der Waals surface area contributed by atoms with Crippen LogP contribution in [0.3, 0.4) is 0 Å². The average Bonchev–Trinajstić information content (AvgIpc) is 2.95. The summed E-state index contributed by atoms with van der Waals surface area (Å²) in [7, 11) is 1.27. The molecule has 1 aliphatic rings. The van der Waals surface area contributed by atoms with E-state index in [1.165, 1.54) is 31.4 Å². The first-order valence-corrected chi connectivity index (χ1v) is 9.04. The second-order valence-electron chi connectivity index (χ2n) is 5.89. The number of benzene rings is 2. The van der Waals surface area contributed by atoms with Crippen LogP contribution in [0.15, 0.2) is 48.5 Å². The highest BCUT2D eigenvalue weighted by Crippen LogP contribution is 2.29. The van der Waals surface area contributed by atoms with Gasteiger partial charge in [-0.05, 0) is 47.2 Å². The molecule has 0 unspecified atom stereocenters. The predicted octanol–water partition coefficient (Wildman–Crippen LogP) is 1.47. The number of rotatable bonds is 6. The molecule has 1 heterocycles. The maximum absolute atomic E-state index is 12.6. The number of hydrogen-bond donors (Lipinski definition) is 1. The van der Waals surface area contributed by atoms with Gasteiger partial charge < -0.3 is 20.0 Å². The summed E-state index contributed by atoms with van der Waals surface area (Å²) in [5.74, 6) is -2.23. The highest BCUT2D eigenvalue weighted by atomic mass is 32.2. The third kappa shape index (κ3) is 4.15. The number of nitrogens with zero attached hydrogens (tertiary/aromatic N) is 1. The molecule has 2 aromatic carbocycles. The second-order valence-corrected chi connectivity index (χ2v) is 6.95. The Labute approximate surface area is 164 Å². The lowest BCUT2D eigenvalue weighted by Crippen LogP contribution is -2.34. The third-order valence-corrected chi connectivity index (χ3v) is 5.01. The van der Waals surface area contributed by atoms with Gasteiger partial charge in [-0.15, -0.1) is 0 Å². The molecule has 144 valence electrons. The van der Waals surface area contributed by atoms with Gasteiger partial charge in [0.1, 0.15) is 0 Å². The van der Waals surface area contributed by atoms with Gasteiger partial charge in [0.25, 0.3) is 11.1 Å². The summed E-state index contributed by atoms with van der Waals surface area (Å²) in [4.78, 5) is 48.4. The van der Waals surface area contributed by atoms with Gasteiger partial charge in [0.05, 0.1) is 25.2 Å². The van der Waals surface area contributed by atoms with E-state index in [0.717, 1.165) is 16.7 Å². The normalized spacial score (nSPS) is 16.2. The molecule has 0 saturated carbocycles. The summed E-state index contributed by atoms with van der Waals surface area (Å²) in [5.41, 5.74) is 1.45. The fraction of sp³-hybridized carbons (Fsp3) is 0.158. The average molecular weight is 399 g/mol. The summed E-state index contributed by atoms with van der Waals surface area (Å²) in [5, 5.41) is 12.4. The van der Waals surface area contributed by atoms with Gasteiger partial charge >= 0.3 is 5.97 Å². The van der Waals surface area contributed by atoms with Crippen molar-refractivity contribution in [3.8, 4) is 0 Å². The van der Waals surface area contributed by atoms with E-state index in [-0.39, 0.29) is 12.1 Å². The Morgan fingerprint density at radius 3 is 2.50 bits per heavy atom. The largest absolute Gasteiger partial charge is 0.545 e. The quantitative estimate of drug-likeness (QED) is 0.726. The predicted molar refractivity (Wildman–Crippen MR) is 99.5 cm³/mol. The lowest BCUT2D eigenvalue weighted by Gasteiger charge is -2.15. The van der Waals surface area contributed by atoms with Gasteiger partial charge in [-0.1, -0.05) is 24.3 Å². The van der Waals surface area contributed by atoms with Crippen LogP contribution < -0.4 is 10.4 Å². The standard InChI is InChI=1S/C19H16N2O6S/c1-27-18(25)13-4-2-3-11(9-13)10-21-16(22)15(28-19(21)26)20-14-7-5-12(6-8-14)17(23)24/h2-9,15,20H,10H2,1H3,(H,23,24)/p-1/t15-/m1/s1.